The van der Waals surface area contributed by atoms with Gasteiger partial charge in [0.15, 0.2) is 0 Å². The Hall–Kier alpha value is -1.58. The van der Waals surface area contributed by atoms with Crippen LogP contribution in [0.3, 0.4) is 0 Å². The molecule has 0 fully saturated rings. The smallest absolute Gasteiger partial charge is 0.253 e. The first-order chi connectivity index (χ1) is 7.49. The molecule has 1 heterocycles. The second-order valence-corrected chi connectivity index (χ2v) is 4.20. The lowest BCUT2D eigenvalue weighted by molar-refractivity contribution is 0.0942. The Labute approximate surface area is 96.0 Å². The Bertz CT molecular complexity index is 362. The summed E-state index contributed by atoms with van der Waals surface area (Å²) in [6.07, 6.45) is 3.21. The number of hydrogen-bond donors (Lipinski definition) is 1. The number of ether oxygens (including phenoxy) is 1. The molecule has 4 heteroatoms. The van der Waals surface area contributed by atoms with Crippen molar-refractivity contribution < 1.29 is 9.53 Å². The molecule has 1 rings (SSSR count). The SMILES string of the molecule is CC(C)NC(=O)c1cncc(OC(C)C)c1. The molecule has 0 aliphatic heterocycles. The van der Waals surface area contributed by atoms with E-state index in [2.05, 4.69) is 10.3 Å². The molecule has 1 N–H and O–H groups in total. The molecule has 16 heavy (non-hydrogen) atoms. The topological polar surface area (TPSA) is 51.2 Å². The van der Waals surface area contributed by atoms with Crippen LogP contribution in [0.25, 0.3) is 0 Å². The molecule has 0 spiro atoms. The number of rotatable bonds is 4. The van der Waals surface area contributed by atoms with E-state index in [4.69, 9.17) is 4.74 Å². The van der Waals surface area contributed by atoms with E-state index in [0.717, 1.165) is 0 Å². The number of pyridine rings is 1. The third-order valence-electron chi connectivity index (χ3n) is 1.77. The van der Waals surface area contributed by atoms with Crippen LogP contribution >= 0.6 is 0 Å². The van der Waals surface area contributed by atoms with E-state index in [9.17, 15) is 4.79 Å². The number of nitrogens with zero attached hydrogens (tertiary/aromatic N) is 1. The van der Waals surface area contributed by atoms with Crippen LogP contribution in [-0.4, -0.2) is 23.0 Å². The maximum absolute atomic E-state index is 11.7. The summed E-state index contributed by atoms with van der Waals surface area (Å²) in [5.74, 6) is 0.489. The molecule has 0 aliphatic rings. The zero-order valence-electron chi connectivity index (χ0n) is 10.2. The fourth-order valence-corrected chi connectivity index (χ4v) is 1.23. The van der Waals surface area contributed by atoms with Crippen molar-refractivity contribution in [1.29, 1.82) is 0 Å². The second kappa shape index (κ2) is 5.49. The van der Waals surface area contributed by atoms with E-state index >= 15 is 0 Å². The molecule has 0 unspecified atom stereocenters. The molecule has 4 nitrogen and oxygen atoms in total. The van der Waals surface area contributed by atoms with E-state index in [1.807, 2.05) is 27.7 Å². The Morgan fingerprint density at radius 2 is 2.00 bits per heavy atom. The van der Waals surface area contributed by atoms with Crippen LogP contribution in [-0.2, 0) is 0 Å². The minimum atomic E-state index is -0.128. The Morgan fingerprint density at radius 3 is 2.56 bits per heavy atom. The van der Waals surface area contributed by atoms with Crippen LogP contribution in [0.2, 0.25) is 0 Å². The highest BCUT2D eigenvalue weighted by molar-refractivity contribution is 5.94. The summed E-state index contributed by atoms with van der Waals surface area (Å²) < 4.78 is 5.47. The molecule has 0 bridgehead atoms. The van der Waals surface area contributed by atoms with Gasteiger partial charge in [0.05, 0.1) is 17.9 Å². The molecule has 0 aliphatic carbocycles. The molecule has 1 aromatic rings. The fraction of sp³-hybridized carbons (Fsp3) is 0.500. The Balaban J connectivity index is 2.77. The minimum absolute atomic E-state index is 0.0743. The van der Waals surface area contributed by atoms with Gasteiger partial charge < -0.3 is 10.1 Å². The summed E-state index contributed by atoms with van der Waals surface area (Å²) in [6.45, 7) is 7.70. The van der Waals surface area contributed by atoms with Gasteiger partial charge in [0.25, 0.3) is 5.91 Å². The number of carbonyl (C=O) groups excluding carboxylic acids is 1. The molecule has 0 atom stereocenters. The molecule has 0 saturated carbocycles. The predicted octanol–water partition coefficient (Wildman–Crippen LogP) is 2.01. The Kier molecular flexibility index (Phi) is 4.28. The number of carbonyl (C=O) groups is 1. The molecule has 1 amide bonds. The van der Waals surface area contributed by atoms with E-state index in [1.165, 1.54) is 6.20 Å². The molecule has 1 aromatic heterocycles. The average molecular weight is 222 g/mol. The average Bonchev–Trinajstić information content (AvgIpc) is 2.16. The van der Waals surface area contributed by atoms with Gasteiger partial charge in [-0.25, -0.2) is 0 Å². The van der Waals surface area contributed by atoms with Crippen LogP contribution in [0.4, 0.5) is 0 Å². The third-order valence-corrected chi connectivity index (χ3v) is 1.77. The van der Waals surface area contributed by atoms with Crippen molar-refractivity contribution in [3.05, 3.63) is 24.0 Å². The van der Waals surface area contributed by atoms with Crippen molar-refractivity contribution in [3.8, 4) is 5.75 Å². The van der Waals surface area contributed by atoms with Crippen LogP contribution in [0.5, 0.6) is 5.75 Å². The quantitative estimate of drug-likeness (QED) is 0.847. The Morgan fingerprint density at radius 1 is 1.31 bits per heavy atom. The molecular formula is C12H18N2O2. The highest BCUT2D eigenvalue weighted by Gasteiger charge is 2.08. The first-order valence-corrected chi connectivity index (χ1v) is 5.41. The largest absolute Gasteiger partial charge is 0.489 e. The standard InChI is InChI=1S/C12H18N2O2/c1-8(2)14-12(15)10-5-11(7-13-6-10)16-9(3)4/h5-9H,1-4H3,(H,14,15). The highest BCUT2D eigenvalue weighted by Crippen LogP contribution is 2.12. The summed E-state index contributed by atoms with van der Waals surface area (Å²) in [5, 5.41) is 2.81. The number of hydrogen-bond acceptors (Lipinski definition) is 3. The number of nitrogens with one attached hydrogen (secondary N) is 1. The molecule has 0 saturated heterocycles. The third kappa shape index (κ3) is 3.88. The maximum Gasteiger partial charge on any atom is 0.253 e. The lowest BCUT2D eigenvalue weighted by Gasteiger charge is -2.11. The normalized spacial score (nSPS) is 10.6. The van der Waals surface area contributed by atoms with Crippen molar-refractivity contribution in [2.75, 3.05) is 0 Å². The van der Waals surface area contributed by atoms with E-state index in [1.54, 1.807) is 12.3 Å². The van der Waals surface area contributed by atoms with Crippen LogP contribution in [0.15, 0.2) is 18.5 Å². The lowest BCUT2D eigenvalue weighted by atomic mass is 10.2. The summed E-state index contributed by atoms with van der Waals surface area (Å²) >= 11 is 0. The van der Waals surface area contributed by atoms with Gasteiger partial charge in [-0.2, -0.15) is 0 Å². The fourth-order valence-electron chi connectivity index (χ4n) is 1.23. The molecule has 88 valence electrons. The van der Waals surface area contributed by atoms with Crippen LogP contribution < -0.4 is 10.1 Å². The van der Waals surface area contributed by atoms with Gasteiger partial charge in [0.2, 0.25) is 0 Å². The molecular weight excluding hydrogens is 204 g/mol. The molecule has 0 radical (unpaired) electrons. The zero-order chi connectivity index (χ0) is 12.1. The number of aromatic nitrogens is 1. The van der Waals surface area contributed by atoms with E-state index < -0.39 is 0 Å². The van der Waals surface area contributed by atoms with Gasteiger partial charge in [0.1, 0.15) is 5.75 Å². The first kappa shape index (κ1) is 12.5. The highest BCUT2D eigenvalue weighted by atomic mass is 16.5. The minimum Gasteiger partial charge on any atom is -0.489 e. The lowest BCUT2D eigenvalue weighted by Crippen LogP contribution is -2.30. The van der Waals surface area contributed by atoms with Crippen molar-refractivity contribution in [2.24, 2.45) is 0 Å². The van der Waals surface area contributed by atoms with Gasteiger partial charge in [-0.05, 0) is 33.8 Å². The summed E-state index contributed by atoms with van der Waals surface area (Å²) in [5.41, 5.74) is 0.520. The summed E-state index contributed by atoms with van der Waals surface area (Å²) in [7, 11) is 0. The maximum atomic E-state index is 11.7. The van der Waals surface area contributed by atoms with E-state index in [0.29, 0.717) is 11.3 Å². The van der Waals surface area contributed by atoms with Crippen molar-refractivity contribution in [3.63, 3.8) is 0 Å². The van der Waals surface area contributed by atoms with Gasteiger partial charge in [-0.15, -0.1) is 0 Å². The van der Waals surface area contributed by atoms with Gasteiger partial charge >= 0.3 is 0 Å². The monoisotopic (exact) mass is 222 g/mol. The second-order valence-electron chi connectivity index (χ2n) is 4.20. The van der Waals surface area contributed by atoms with Crippen LogP contribution in [0.1, 0.15) is 38.1 Å². The van der Waals surface area contributed by atoms with Crippen molar-refractivity contribution in [1.82, 2.24) is 10.3 Å². The van der Waals surface area contributed by atoms with E-state index in [-0.39, 0.29) is 18.1 Å². The van der Waals surface area contributed by atoms with Gasteiger partial charge in [-0.3, -0.25) is 9.78 Å². The number of amides is 1. The van der Waals surface area contributed by atoms with Crippen LogP contribution in [0, 0.1) is 0 Å². The van der Waals surface area contributed by atoms with Crippen molar-refractivity contribution >= 4 is 5.91 Å². The zero-order valence-corrected chi connectivity index (χ0v) is 10.2. The summed E-state index contributed by atoms with van der Waals surface area (Å²) in [4.78, 5) is 15.7. The molecule has 0 aromatic carbocycles. The van der Waals surface area contributed by atoms with Crippen molar-refractivity contribution in [2.45, 2.75) is 39.8 Å². The first-order valence-electron chi connectivity index (χ1n) is 5.41. The van der Waals surface area contributed by atoms with Gasteiger partial charge in [-0.1, -0.05) is 0 Å². The predicted molar refractivity (Wildman–Crippen MR) is 62.6 cm³/mol. The van der Waals surface area contributed by atoms with Gasteiger partial charge in [0, 0.05) is 12.2 Å². The summed E-state index contributed by atoms with van der Waals surface area (Å²) in [6, 6.07) is 1.81.